The van der Waals surface area contributed by atoms with E-state index >= 15 is 0 Å². The molecular weight excluding hydrogens is 296 g/mol. The average molecular weight is 312 g/mol. The lowest BCUT2D eigenvalue weighted by atomic mass is 10.2. The van der Waals surface area contributed by atoms with Crippen LogP contribution in [0.2, 0.25) is 0 Å². The van der Waals surface area contributed by atoms with E-state index in [9.17, 15) is 9.59 Å². The van der Waals surface area contributed by atoms with Crippen LogP contribution in [0.4, 0.5) is 11.4 Å². The van der Waals surface area contributed by atoms with Gasteiger partial charge in [-0.05, 0) is 24.3 Å². The van der Waals surface area contributed by atoms with Crippen molar-refractivity contribution in [3.8, 4) is 11.5 Å². The number of nitrogens with zero attached hydrogens (tertiary/aromatic N) is 1. The minimum absolute atomic E-state index is 0.00197. The van der Waals surface area contributed by atoms with Gasteiger partial charge in [0.1, 0.15) is 11.5 Å². The van der Waals surface area contributed by atoms with Crippen molar-refractivity contribution in [3.05, 3.63) is 48.5 Å². The number of likely N-dealkylation sites (N-methyl/N-ethyl adjacent to an activating group) is 1. The molecule has 0 radical (unpaired) electrons. The zero-order valence-corrected chi connectivity index (χ0v) is 12.6. The number of fused-ring (bicyclic) bond motifs is 1. The summed E-state index contributed by atoms with van der Waals surface area (Å²) in [5, 5.41) is 2.74. The molecule has 0 saturated carbocycles. The summed E-state index contributed by atoms with van der Waals surface area (Å²) < 4.78 is 10.8. The molecule has 118 valence electrons. The van der Waals surface area contributed by atoms with Gasteiger partial charge < -0.3 is 19.7 Å². The van der Waals surface area contributed by atoms with Gasteiger partial charge in [0.05, 0.1) is 5.69 Å². The van der Waals surface area contributed by atoms with Gasteiger partial charge in [-0.2, -0.15) is 0 Å². The molecule has 2 amide bonds. The lowest BCUT2D eigenvalue weighted by molar-refractivity contribution is -0.121. The first-order valence-corrected chi connectivity index (χ1v) is 7.14. The average Bonchev–Trinajstić information content (AvgIpc) is 2.57. The number of carbonyl (C=O) groups excluding carboxylic acids is 2. The first-order chi connectivity index (χ1) is 11.1. The molecule has 3 rings (SSSR count). The van der Waals surface area contributed by atoms with Crippen molar-refractivity contribution in [2.75, 3.05) is 30.5 Å². The van der Waals surface area contributed by atoms with Crippen molar-refractivity contribution in [1.82, 2.24) is 0 Å². The van der Waals surface area contributed by atoms with Crippen molar-refractivity contribution in [2.45, 2.75) is 0 Å². The van der Waals surface area contributed by atoms with Gasteiger partial charge in [0.25, 0.3) is 11.8 Å². The predicted molar refractivity (Wildman–Crippen MR) is 85.9 cm³/mol. The van der Waals surface area contributed by atoms with E-state index in [-0.39, 0.29) is 25.0 Å². The number of hydrogen-bond donors (Lipinski definition) is 1. The zero-order chi connectivity index (χ0) is 16.2. The van der Waals surface area contributed by atoms with Gasteiger partial charge in [-0.1, -0.05) is 18.2 Å². The highest BCUT2D eigenvalue weighted by Crippen LogP contribution is 2.33. The van der Waals surface area contributed by atoms with Crippen LogP contribution in [0.3, 0.4) is 0 Å². The lowest BCUT2D eigenvalue weighted by Crippen LogP contribution is -2.35. The van der Waals surface area contributed by atoms with E-state index in [1.54, 1.807) is 37.4 Å². The molecule has 1 aliphatic heterocycles. The Morgan fingerprint density at radius 3 is 2.83 bits per heavy atom. The Labute approximate surface area is 133 Å². The smallest absolute Gasteiger partial charge is 0.264 e. The van der Waals surface area contributed by atoms with Crippen molar-refractivity contribution in [3.63, 3.8) is 0 Å². The molecule has 1 heterocycles. The van der Waals surface area contributed by atoms with Gasteiger partial charge >= 0.3 is 0 Å². The molecule has 6 nitrogen and oxygen atoms in total. The first-order valence-electron chi connectivity index (χ1n) is 7.14. The zero-order valence-electron chi connectivity index (χ0n) is 12.6. The minimum Gasteiger partial charge on any atom is -0.484 e. The van der Waals surface area contributed by atoms with Crippen molar-refractivity contribution >= 4 is 23.2 Å². The third-order valence-electron chi connectivity index (χ3n) is 3.44. The molecule has 0 unspecified atom stereocenters. The third-order valence-corrected chi connectivity index (χ3v) is 3.44. The molecule has 0 bridgehead atoms. The summed E-state index contributed by atoms with van der Waals surface area (Å²) in [4.78, 5) is 25.0. The fourth-order valence-electron chi connectivity index (χ4n) is 2.22. The number of ether oxygens (including phenoxy) is 2. The fraction of sp³-hybridized carbons (Fsp3) is 0.176. The molecule has 0 saturated heterocycles. The number of hydrogen-bond acceptors (Lipinski definition) is 4. The predicted octanol–water partition coefficient (Wildman–Crippen LogP) is 2.06. The molecule has 0 aromatic heterocycles. The molecule has 1 aliphatic rings. The van der Waals surface area contributed by atoms with Crippen LogP contribution < -0.4 is 19.7 Å². The number of carbonyl (C=O) groups is 2. The van der Waals surface area contributed by atoms with Gasteiger partial charge in [0.15, 0.2) is 13.2 Å². The SMILES string of the molecule is CN1C(=O)COc2cc(NC(=O)COc3ccccc3)ccc21. The summed E-state index contributed by atoms with van der Waals surface area (Å²) in [7, 11) is 1.69. The van der Waals surface area contributed by atoms with Crippen LogP contribution >= 0.6 is 0 Å². The lowest BCUT2D eigenvalue weighted by Gasteiger charge is -2.26. The minimum atomic E-state index is -0.269. The van der Waals surface area contributed by atoms with Crippen LogP contribution in [-0.4, -0.2) is 32.1 Å². The highest BCUT2D eigenvalue weighted by atomic mass is 16.5. The molecule has 2 aromatic carbocycles. The van der Waals surface area contributed by atoms with E-state index in [1.807, 2.05) is 18.2 Å². The largest absolute Gasteiger partial charge is 0.484 e. The normalized spacial score (nSPS) is 13.1. The van der Waals surface area contributed by atoms with Crippen LogP contribution in [-0.2, 0) is 9.59 Å². The van der Waals surface area contributed by atoms with E-state index in [0.717, 1.165) is 0 Å². The molecule has 1 N–H and O–H groups in total. The van der Waals surface area contributed by atoms with E-state index in [0.29, 0.717) is 22.9 Å². The Morgan fingerprint density at radius 1 is 1.26 bits per heavy atom. The molecule has 2 aromatic rings. The van der Waals surface area contributed by atoms with E-state index < -0.39 is 0 Å². The van der Waals surface area contributed by atoms with Crippen molar-refractivity contribution in [1.29, 1.82) is 0 Å². The standard InChI is InChI=1S/C17H16N2O4/c1-19-14-8-7-12(9-15(14)23-11-17(19)21)18-16(20)10-22-13-5-3-2-4-6-13/h2-9H,10-11H2,1H3,(H,18,20). The van der Waals surface area contributed by atoms with Gasteiger partial charge in [0.2, 0.25) is 0 Å². The topological polar surface area (TPSA) is 67.9 Å². The Bertz CT molecular complexity index is 731. The second kappa shape index (κ2) is 6.39. The molecule has 0 atom stereocenters. The summed E-state index contributed by atoms with van der Waals surface area (Å²) in [5.74, 6) is 0.824. The first kappa shape index (κ1) is 14.9. The van der Waals surface area contributed by atoms with Crippen LogP contribution in [0.25, 0.3) is 0 Å². The molecule has 0 fully saturated rings. The monoisotopic (exact) mass is 312 g/mol. The summed E-state index contributed by atoms with van der Waals surface area (Å²) in [5.41, 5.74) is 1.27. The van der Waals surface area contributed by atoms with Crippen molar-refractivity contribution in [2.24, 2.45) is 0 Å². The molecule has 23 heavy (non-hydrogen) atoms. The second-order valence-corrected chi connectivity index (χ2v) is 5.07. The van der Waals surface area contributed by atoms with Crippen molar-refractivity contribution < 1.29 is 19.1 Å². The maximum atomic E-state index is 11.9. The van der Waals surface area contributed by atoms with Gasteiger partial charge in [-0.3, -0.25) is 9.59 Å². The highest BCUT2D eigenvalue weighted by Gasteiger charge is 2.22. The Kier molecular flexibility index (Phi) is 4.14. The maximum absolute atomic E-state index is 11.9. The van der Waals surface area contributed by atoms with Crippen LogP contribution in [0.15, 0.2) is 48.5 Å². The third kappa shape index (κ3) is 3.42. The molecular formula is C17H16N2O4. The van der Waals surface area contributed by atoms with Crippen LogP contribution in [0, 0.1) is 0 Å². The van der Waals surface area contributed by atoms with Crippen LogP contribution in [0.5, 0.6) is 11.5 Å². The second-order valence-electron chi connectivity index (χ2n) is 5.07. The van der Waals surface area contributed by atoms with E-state index in [4.69, 9.17) is 9.47 Å². The van der Waals surface area contributed by atoms with Gasteiger partial charge in [-0.15, -0.1) is 0 Å². The number of para-hydroxylation sites is 1. The summed E-state index contributed by atoms with van der Waals surface area (Å²) in [6.45, 7) is -0.0850. The Hall–Kier alpha value is -3.02. The number of benzene rings is 2. The molecule has 0 spiro atoms. The molecule has 6 heteroatoms. The Balaban J connectivity index is 1.62. The Morgan fingerprint density at radius 2 is 2.04 bits per heavy atom. The summed E-state index contributed by atoms with van der Waals surface area (Å²) in [6, 6.07) is 14.3. The summed E-state index contributed by atoms with van der Waals surface area (Å²) in [6.07, 6.45) is 0. The number of amides is 2. The van der Waals surface area contributed by atoms with E-state index in [2.05, 4.69) is 5.32 Å². The number of nitrogens with one attached hydrogen (secondary N) is 1. The molecule has 0 aliphatic carbocycles. The van der Waals surface area contributed by atoms with Crippen LogP contribution in [0.1, 0.15) is 0 Å². The quantitative estimate of drug-likeness (QED) is 0.938. The number of rotatable bonds is 4. The highest BCUT2D eigenvalue weighted by molar-refractivity contribution is 5.98. The van der Waals surface area contributed by atoms with E-state index in [1.165, 1.54) is 4.90 Å². The number of anilines is 2. The fourth-order valence-corrected chi connectivity index (χ4v) is 2.22. The maximum Gasteiger partial charge on any atom is 0.264 e. The van der Waals surface area contributed by atoms with Gasteiger partial charge in [0, 0.05) is 18.8 Å². The summed E-state index contributed by atoms with van der Waals surface area (Å²) >= 11 is 0. The van der Waals surface area contributed by atoms with Gasteiger partial charge in [-0.25, -0.2) is 0 Å².